The van der Waals surface area contributed by atoms with Crippen LogP contribution in [0.5, 0.6) is 5.75 Å². The summed E-state index contributed by atoms with van der Waals surface area (Å²) in [4.78, 5) is 0.160. The summed E-state index contributed by atoms with van der Waals surface area (Å²) in [6, 6.07) is 13.0. The molecule has 2 rings (SSSR count). The molecule has 0 aromatic heterocycles. The summed E-state index contributed by atoms with van der Waals surface area (Å²) in [5.74, 6) is 0.0404. The van der Waals surface area contributed by atoms with Crippen molar-refractivity contribution >= 4 is 26.0 Å². The summed E-state index contributed by atoms with van der Waals surface area (Å²) in [6.07, 6.45) is 0. The average molecular weight is 356 g/mol. The van der Waals surface area contributed by atoms with Gasteiger partial charge in [-0.15, -0.1) is 0 Å². The van der Waals surface area contributed by atoms with Gasteiger partial charge in [-0.2, -0.15) is 4.31 Å². The van der Waals surface area contributed by atoms with E-state index in [9.17, 15) is 13.5 Å². The Morgan fingerprint density at radius 2 is 1.80 bits per heavy atom. The molecule has 0 spiro atoms. The van der Waals surface area contributed by atoms with Gasteiger partial charge in [0.2, 0.25) is 10.0 Å². The van der Waals surface area contributed by atoms with E-state index >= 15 is 0 Å². The smallest absolute Gasteiger partial charge is 0.243 e. The van der Waals surface area contributed by atoms with Crippen molar-refractivity contribution in [3.8, 4) is 5.75 Å². The summed E-state index contributed by atoms with van der Waals surface area (Å²) in [5.41, 5.74) is 0.893. The van der Waals surface area contributed by atoms with Gasteiger partial charge in [-0.05, 0) is 42.0 Å². The maximum Gasteiger partial charge on any atom is 0.243 e. The maximum absolute atomic E-state index is 12.4. The summed E-state index contributed by atoms with van der Waals surface area (Å²) in [6.45, 7) is 0.280. The van der Waals surface area contributed by atoms with E-state index in [1.807, 2.05) is 24.3 Å². The van der Waals surface area contributed by atoms with Crippen molar-refractivity contribution in [2.75, 3.05) is 7.05 Å². The fraction of sp³-hybridized carbons (Fsp3) is 0.143. The van der Waals surface area contributed by atoms with E-state index < -0.39 is 10.0 Å². The fourth-order valence-electron chi connectivity index (χ4n) is 1.78. The van der Waals surface area contributed by atoms with Gasteiger partial charge in [-0.1, -0.05) is 28.1 Å². The van der Waals surface area contributed by atoms with Gasteiger partial charge in [0, 0.05) is 18.1 Å². The molecular formula is C14H14BrNO3S. The molecule has 1 N–H and O–H groups in total. The van der Waals surface area contributed by atoms with Gasteiger partial charge in [0.15, 0.2) is 0 Å². The second-order valence-corrected chi connectivity index (χ2v) is 7.35. The van der Waals surface area contributed by atoms with Crippen LogP contribution in [0, 0.1) is 0 Å². The molecule has 0 aliphatic carbocycles. The molecule has 6 heteroatoms. The van der Waals surface area contributed by atoms with Gasteiger partial charge in [-0.25, -0.2) is 8.42 Å². The molecule has 0 atom stereocenters. The molecule has 0 heterocycles. The standard InChI is InChI=1S/C14H14BrNO3S/c1-16(10-11-3-2-4-12(15)9-11)20(18,19)14-7-5-13(17)6-8-14/h2-9,17H,10H2,1H3. The van der Waals surface area contributed by atoms with Crippen LogP contribution < -0.4 is 0 Å². The molecule has 0 amide bonds. The first-order chi connectivity index (χ1) is 9.39. The summed E-state index contributed by atoms with van der Waals surface area (Å²) in [5, 5.41) is 9.21. The minimum Gasteiger partial charge on any atom is -0.508 e. The van der Waals surface area contributed by atoms with Gasteiger partial charge >= 0.3 is 0 Å². The fourth-order valence-corrected chi connectivity index (χ4v) is 3.38. The van der Waals surface area contributed by atoms with Crippen molar-refractivity contribution in [2.45, 2.75) is 11.4 Å². The van der Waals surface area contributed by atoms with Crippen LogP contribution in [-0.4, -0.2) is 24.9 Å². The van der Waals surface area contributed by atoms with Crippen molar-refractivity contribution in [3.05, 3.63) is 58.6 Å². The average Bonchev–Trinajstić information content (AvgIpc) is 2.39. The number of halogens is 1. The highest BCUT2D eigenvalue weighted by Crippen LogP contribution is 2.20. The number of nitrogens with zero attached hydrogens (tertiary/aromatic N) is 1. The molecule has 4 nitrogen and oxygen atoms in total. The van der Waals surface area contributed by atoms with E-state index in [1.54, 1.807) is 0 Å². The molecule has 0 bridgehead atoms. The molecule has 0 fully saturated rings. The minimum absolute atomic E-state index is 0.0404. The molecule has 0 aliphatic rings. The summed E-state index contributed by atoms with van der Waals surface area (Å²) < 4.78 is 26.9. The molecule has 0 aliphatic heterocycles. The first-order valence-electron chi connectivity index (χ1n) is 5.89. The van der Waals surface area contributed by atoms with Crippen LogP contribution in [0.3, 0.4) is 0 Å². The zero-order chi connectivity index (χ0) is 14.8. The van der Waals surface area contributed by atoms with Gasteiger partial charge in [-0.3, -0.25) is 0 Å². The Bertz CT molecular complexity index is 699. The third-order valence-corrected chi connectivity index (χ3v) is 5.15. The van der Waals surface area contributed by atoms with Crippen molar-refractivity contribution in [1.29, 1.82) is 0 Å². The van der Waals surface area contributed by atoms with E-state index in [-0.39, 0.29) is 17.2 Å². The van der Waals surface area contributed by atoms with Crippen LogP contribution in [0.1, 0.15) is 5.56 Å². The Kier molecular flexibility index (Phi) is 4.47. The molecule has 0 saturated carbocycles. The van der Waals surface area contributed by atoms with Crippen LogP contribution in [0.15, 0.2) is 57.9 Å². The lowest BCUT2D eigenvalue weighted by molar-refractivity contribution is 0.464. The lowest BCUT2D eigenvalue weighted by Gasteiger charge is -2.17. The number of benzene rings is 2. The number of aromatic hydroxyl groups is 1. The monoisotopic (exact) mass is 355 g/mol. The van der Waals surface area contributed by atoms with E-state index in [2.05, 4.69) is 15.9 Å². The number of phenols is 1. The zero-order valence-corrected chi connectivity index (χ0v) is 13.2. The highest BCUT2D eigenvalue weighted by molar-refractivity contribution is 9.10. The van der Waals surface area contributed by atoms with Crippen LogP contribution in [-0.2, 0) is 16.6 Å². The summed E-state index contributed by atoms with van der Waals surface area (Å²) >= 11 is 3.36. The first kappa shape index (κ1) is 15.0. The Morgan fingerprint density at radius 1 is 1.15 bits per heavy atom. The Labute approximate surface area is 126 Å². The second-order valence-electron chi connectivity index (χ2n) is 4.38. The molecule has 2 aromatic rings. The molecule has 20 heavy (non-hydrogen) atoms. The van der Waals surface area contributed by atoms with Gasteiger partial charge in [0.05, 0.1) is 4.90 Å². The topological polar surface area (TPSA) is 57.6 Å². The SMILES string of the molecule is CN(Cc1cccc(Br)c1)S(=O)(=O)c1ccc(O)cc1. The molecular weight excluding hydrogens is 342 g/mol. The predicted molar refractivity (Wildman–Crippen MR) is 80.9 cm³/mol. The quantitative estimate of drug-likeness (QED) is 0.916. The van der Waals surface area contributed by atoms with Crippen LogP contribution in [0.25, 0.3) is 0 Å². The van der Waals surface area contributed by atoms with E-state index in [0.717, 1.165) is 10.0 Å². The number of sulfonamides is 1. The second kappa shape index (κ2) is 5.95. The van der Waals surface area contributed by atoms with Gasteiger partial charge < -0.3 is 5.11 Å². The van der Waals surface area contributed by atoms with E-state index in [0.29, 0.717) is 0 Å². The third-order valence-electron chi connectivity index (χ3n) is 2.84. The number of hydrogen-bond acceptors (Lipinski definition) is 3. The van der Waals surface area contributed by atoms with Crippen molar-refractivity contribution in [2.24, 2.45) is 0 Å². The van der Waals surface area contributed by atoms with E-state index in [1.165, 1.54) is 35.6 Å². The molecule has 0 saturated heterocycles. The number of rotatable bonds is 4. The van der Waals surface area contributed by atoms with Crippen LogP contribution >= 0.6 is 15.9 Å². The van der Waals surface area contributed by atoms with Crippen LogP contribution in [0.4, 0.5) is 0 Å². The number of phenolic OH excluding ortho intramolecular Hbond substituents is 1. The molecule has 2 aromatic carbocycles. The Morgan fingerprint density at radius 3 is 2.40 bits per heavy atom. The van der Waals surface area contributed by atoms with Gasteiger partial charge in [0.1, 0.15) is 5.75 Å². The first-order valence-corrected chi connectivity index (χ1v) is 8.13. The third kappa shape index (κ3) is 3.39. The predicted octanol–water partition coefficient (Wildman–Crippen LogP) is 2.98. The van der Waals surface area contributed by atoms with Crippen LogP contribution in [0.2, 0.25) is 0 Å². The van der Waals surface area contributed by atoms with Gasteiger partial charge in [0.25, 0.3) is 0 Å². The largest absolute Gasteiger partial charge is 0.508 e. The lowest BCUT2D eigenvalue weighted by atomic mass is 10.2. The summed E-state index contributed by atoms with van der Waals surface area (Å²) in [7, 11) is -2.03. The molecule has 0 unspecified atom stereocenters. The lowest BCUT2D eigenvalue weighted by Crippen LogP contribution is -2.26. The Hall–Kier alpha value is -1.37. The minimum atomic E-state index is -3.56. The normalized spacial score (nSPS) is 11.8. The van der Waals surface area contributed by atoms with Crippen molar-refractivity contribution in [3.63, 3.8) is 0 Å². The van der Waals surface area contributed by atoms with Crippen molar-refractivity contribution < 1.29 is 13.5 Å². The molecule has 0 radical (unpaired) electrons. The van der Waals surface area contributed by atoms with E-state index in [4.69, 9.17) is 0 Å². The van der Waals surface area contributed by atoms with Crippen molar-refractivity contribution in [1.82, 2.24) is 4.31 Å². The zero-order valence-electron chi connectivity index (χ0n) is 10.8. The molecule has 106 valence electrons. The highest BCUT2D eigenvalue weighted by Gasteiger charge is 2.20. The maximum atomic E-state index is 12.4. The number of hydrogen-bond donors (Lipinski definition) is 1. The highest BCUT2D eigenvalue weighted by atomic mass is 79.9. The Balaban J connectivity index is 2.23.